The Balaban J connectivity index is 1.95. The zero-order chi connectivity index (χ0) is 14.7. The maximum absolute atomic E-state index is 12.0. The Morgan fingerprint density at radius 1 is 1.55 bits per heavy atom. The molecule has 2 heterocycles. The van der Waals surface area contributed by atoms with Crippen LogP contribution in [0, 0.1) is 0 Å². The molecule has 0 saturated carbocycles. The molecule has 1 fully saturated rings. The van der Waals surface area contributed by atoms with Gasteiger partial charge in [-0.1, -0.05) is 0 Å². The Hall–Kier alpha value is -1.89. The van der Waals surface area contributed by atoms with Crippen LogP contribution in [0.1, 0.15) is 32.7 Å². The van der Waals surface area contributed by atoms with Crippen molar-refractivity contribution in [2.24, 2.45) is 0 Å². The number of carboxylic acid groups (broad SMARTS) is 1. The van der Waals surface area contributed by atoms with Crippen molar-refractivity contribution in [2.75, 3.05) is 18.4 Å². The largest absolute Gasteiger partial charge is 0.480 e. The van der Waals surface area contributed by atoms with Gasteiger partial charge in [-0.3, -0.25) is 14.5 Å². The zero-order valence-corrected chi connectivity index (χ0v) is 11.7. The van der Waals surface area contributed by atoms with E-state index in [9.17, 15) is 9.59 Å². The van der Waals surface area contributed by atoms with Crippen LogP contribution in [0.5, 0.6) is 0 Å². The van der Waals surface area contributed by atoms with Gasteiger partial charge < -0.3 is 10.4 Å². The molecule has 7 nitrogen and oxygen atoms in total. The fraction of sp³-hybridized carbons (Fsp3) is 0.615. The van der Waals surface area contributed by atoms with Crippen molar-refractivity contribution in [1.29, 1.82) is 0 Å². The van der Waals surface area contributed by atoms with Crippen molar-refractivity contribution in [3.8, 4) is 0 Å². The molecule has 2 rings (SSSR count). The molecular formula is C13H20N4O3. The first-order valence-corrected chi connectivity index (χ1v) is 6.79. The van der Waals surface area contributed by atoms with Gasteiger partial charge in [0.1, 0.15) is 11.9 Å². The number of aromatic nitrogens is 2. The molecule has 1 aliphatic rings. The summed E-state index contributed by atoms with van der Waals surface area (Å²) in [4.78, 5) is 24.8. The van der Waals surface area contributed by atoms with Crippen molar-refractivity contribution in [2.45, 2.75) is 38.8 Å². The van der Waals surface area contributed by atoms with Crippen molar-refractivity contribution < 1.29 is 14.7 Å². The molecule has 0 radical (unpaired) electrons. The molecule has 1 atom stereocenters. The Morgan fingerprint density at radius 3 is 2.95 bits per heavy atom. The molecule has 20 heavy (non-hydrogen) atoms. The average molecular weight is 280 g/mol. The van der Waals surface area contributed by atoms with Gasteiger partial charge >= 0.3 is 5.97 Å². The smallest absolute Gasteiger partial charge is 0.320 e. The van der Waals surface area contributed by atoms with Gasteiger partial charge in [-0.2, -0.15) is 5.10 Å². The Bertz CT molecular complexity index is 498. The molecule has 0 spiro atoms. The van der Waals surface area contributed by atoms with E-state index in [4.69, 9.17) is 5.11 Å². The minimum absolute atomic E-state index is 0.0975. The van der Waals surface area contributed by atoms with Gasteiger partial charge in [-0.05, 0) is 33.2 Å². The molecule has 1 aromatic heterocycles. The number of carboxylic acids is 1. The number of carbonyl (C=O) groups is 2. The normalized spacial score (nSPS) is 19.4. The van der Waals surface area contributed by atoms with E-state index >= 15 is 0 Å². The van der Waals surface area contributed by atoms with Crippen LogP contribution in [0.15, 0.2) is 12.3 Å². The highest BCUT2D eigenvalue weighted by Crippen LogP contribution is 2.18. The third-order valence-electron chi connectivity index (χ3n) is 3.42. The van der Waals surface area contributed by atoms with Gasteiger partial charge in [0.2, 0.25) is 5.91 Å². The minimum atomic E-state index is -0.859. The van der Waals surface area contributed by atoms with E-state index in [1.165, 1.54) is 0 Å². The Morgan fingerprint density at radius 2 is 2.30 bits per heavy atom. The third-order valence-corrected chi connectivity index (χ3v) is 3.42. The molecule has 1 aromatic rings. The monoisotopic (exact) mass is 280 g/mol. The summed E-state index contributed by atoms with van der Waals surface area (Å²) in [6, 6.07) is 1.34. The van der Waals surface area contributed by atoms with Gasteiger partial charge in [-0.25, -0.2) is 4.68 Å². The van der Waals surface area contributed by atoms with Crippen molar-refractivity contribution >= 4 is 17.7 Å². The number of rotatable bonds is 5. The first kappa shape index (κ1) is 14.5. The highest BCUT2D eigenvalue weighted by atomic mass is 16.4. The van der Waals surface area contributed by atoms with E-state index in [1.54, 1.807) is 21.8 Å². The predicted octanol–water partition coefficient (Wildman–Crippen LogP) is 0.951. The first-order chi connectivity index (χ1) is 9.49. The second-order valence-corrected chi connectivity index (χ2v) is 5.27. The lowest BCUT2D eigenvalue weighted by molar-refractivity contribution is -0.142. The number of nitrogens with one attached hydrogen (secondary N) is 1. The van der Waals surface area contributed by atoms with Crippen LogP contribution in [0.2, 0.25) is 0 Å². The van der Waals surface area contributed by atoms with E-state index in [1.807, 2.05) is 13.8 Å². The van der Waals surface area contributed by atoms with Crippen LogP contribution >= 0.6 is 0 Å². The standard InChI is InChI=1S/C13H20N4O3/c1-9(2)17-11(5-6-14-17)15-12(18)8-16-7-3-4-10(16)13(19)20/h5-6,9-10H,3-4,7-8H2,1-2H3,(H,15,18)(H,19,20). The quantitative estimate of drug-likeness (QED) is 0.838. The molecule has 2 N–H and O–H groups in total. The second kappa shape index (κ2) is 6.04. The molecule has 1 unspecified atom stereocenters. The van der Waals surface area contributed by atoms with Crippen molar-refractivity contribution in [3.05, 3.63) is 12.3 Å². The van der Waals surface area contributed by atoms with E-state index < -0.39 is 12.0 Å². The number of likely N-dealkylation sites (tertiary alicyclic amines) is 1. The Labute approximate surface area is 117 Å². The fourth-order valence-electron chi connectivity index (χ4n) is 2.49. The molecule has 110 valence electrons. The summed E-state index contributed by atoms with van der Waals surface area (Å²) in [6.07, 6.45) is 3.05. The molecule has 1 amide bonds. The predicted molar refractivity (Wildman–Crippen MR) is 73.5 cm³/mol. The van der Waals surface area contributed by atoms with E-state index in [-0.39, 0.29) is 18.5 Å². The SMILES string of the molecule is CC(C)n1nccc1NC(=O)CN1CCCC1C(=O)O. The molecule has 0 aromatic carbocycles. The number of hydrogen-bond acceptors (Lipinski definition) is 4. The van der Waals surface area contributed by atoms with Gasteiger partial charge in [0.15, 0.2) is 0 Å². The van der Waals surface area contributed by atoms with Gasteiger partial charge in [0, 0.05) is 12.1 Å². The number of carbonyl (C=O) groups excluding carboxylic acids is 1. The van der Waals surface area contributed by atoms with E-state index in [0.717, 1.165) is 6.42 Å². The highest BCUT2D eigenvalue weighted by Gasteiger charge is 2.31. The number of anilines is 1. The van der Waals surface area contributed by atoms with Crippen LogP contribution in [-0.4, -0.2) is 50.8 Å². The van der Waals surface area contributed by atoms with Gasteiger partial charge in [-0.15, -0.1) is 0 Å². The lowest BCUT2D eigenvalue weighted by atomic mass is 10.2. The lowest BCUT2D eigenvalue weighted by Gasteiger charge is -2.20. The van der Waals surface area contributed by atoms with Crippen LogP contribution in [0.25, 0.3) is 0 Å². The summed E-state index contributed by atoms with van der Waals surface area (Å²) in [5.74, 6) is -0.431. The van der Waals surface area contributed by atoms with Crippen LogP contribution in [0.4, 0.5) is 5.82 Å². The summed E-state index contributed by atoms with van der Waals surface area (Å²) in [6.45, 7) is 4.70. The average Bonchev–Trinajstić information content (AvgIpc) is 2.97. The number of hydrogen-bond donors (Lipinski definition) is 2. The first-order valence-electron chi connectivity index (χ1n) is 6.79. The second-order valence-electron chi connectivity index (χ2n) is 5.27. The Kier molecular flexibility index (Phi) is 4.39. The molecule has 1 saturated heterocycles. The van der Waals surface area contributed by atoms with Crippen molar-refractivity contribution in [3.63, 3.8) is 0 Å². The third kappa shape index (κ3) is 3.16. The molecule has 0 aliphatic carbocycles. The summed E-state index contributed by atoms with van der Waals surface area (Å²) in [5, 5.41) is 16.0. The molecule has 1 aliphatic heterocycles. The number of aliphatic carboxylic acids is 1. The molecule has 7 heteroatoms. The van der Waals surface area contributed by atoms with Crippen LogP contribution in [-0.2, 0) is 9.59 Å². The van der Waals surface area contributed by atoms with Crippen LogP contribution in [0.3, 0.4) is 0 Å². The van der Waals surface area contributed by atoms with Gasteiger partial charge in [0.05, 0.1) is 12.7 Å². The van der Waals surface area contributed by atoms with E-state index in [2.05, 4.69) is 10.4 Å². The lowest BCUT2D eigenvalue weighted by Crippen LogP contribution is -2.41. The van der Waals surface area contributed by atoms with Crippen LogP contribution < -0.4 is 5.32 Å². The summed E-state index contributed by atoms with van der Waals surface area (Å²) < 4.78 is 1.72. The van der Waals surface area contributed by atoms with Gasteiger partial charge in [0.25, 0.3) is 0 Å². The van der Waals surface area contributed by atoms with E-state index in [0.29, 0.717) is 18.8 Å². The zero-order valence-electron chi connectivity index (χ0n) is 11.7. The number of amides is 1. The maximum atomic E-state index is 12.0. The minimum Gasteiger partial charge on any atom is -0.480 e. The summed E-state index contributed by atoms with van der Waals surface area (Å²) in [7, 11) is 0. The summed E-state index contributed by atoms with van der Waals surface area (Å²) >= 11 is 0. The highest BCUT2D eigenvalue weighted by molar-refractivity contribution is 5.91. The summed E-state index contributed by atoms with van der Waals surface area (Å²) in [5.41, 5.74) is 0. The van der Waals surface area contributed by atoms with Crippen molar-refractivity contribution in [1.82, 2.24) is 14.7 Å². The topological polar surface area (TPSA) is 87.5 Å². The number of nitrogens with zero attached hydrogens (tertiary/aromatic N) is 3. The maximum Gasteiger partial charge on any atom is 0.320 e. The molecular weight excluding hydrogens is 260 g/mol. The molecule has 0 bridgehead atoms. The fourth-order valence-corrected chi connectivity index (χ4v) is 2.49.